The first-order valence-electron chi connectivity index (χ1n) is 11.2. The van der Waals surface area contributed by atoms with Crippen LogP contribution in [0.25, 0.3) is 22.2 Å². The quantitative estimate of drug-likeness (QED) is 0.289. The molecule has 0 spiro atoms. The molecule has 4 rings (SSSR count). The molecular weight excluding hydrogens is 448 g/mol. The summed E-state index contributed by atoms with van der Waals surface area (Å²) >= 11 is 1.29. The number of ether oxygens (including phenoxy) is 1. The number of hydrogen-bond acceptors (Lipinski definition) is 5. The molecule has 1 amide bonds. The van der Waals surface area contributed by atoms with E-state index in [2.05, 4.69) is 5.32 Å². The molecule has 0 bridgehead atoms. The number of carbonyl (C=O) groups excluding carboxylic acids is 1. The number of fused-ring (bicyclic) bond motifs is 1. The zero-order chi connectivity index (χ0) is 24.1. The molecule has 2 aromatic carbocycles. The number of carbonyl (C=O) groups is 1. The van der Waals surface area contributed by atoms with Crippen molar-refractivity contribution < 1.29 is 9.53 Å². The van der Waals surface area contributed by atoms with Gasteiger partial charge < -0.3 is 14.6 Å². The summed E-state index contributed by atoms with van der Waals surface area (Å²) in [5.74, 6) is 0.831. The van der Waals surface area contributed by atoms with Crippen LogP contribution < -0.4 is 15.6 Å². The molecule has 0 aliphatic heterocycles. The van der Waals surface area contributed by atoms with Crippen LogP contribution in [0.3, 0.4) is 0 Å². The van der Waals surface area contributed by atoms with E-state index < -0.39 is 0 Å². The minimum absolute atomic E-state index is 0.0855. The Morgan fingerprint density at radius 2 is 1.85 bits per heavy atom. The molecule has 176 valence electrons. The number of nitrogens with zero attached hydrogens (tertiary/aromatic N) is 3. The second kappa shape index (κ2) is 10.6. The summed E-state index contributed by atoms with van der Waals surface area (Å²) in [6, 6.07) is 17.5. The zero-order valence-corrected chi connectivity index (χ0v) is 20.4. The lowest BCUT2D eigenvalue weighted by atomic mass is 10.1. The van der Waals surface area contributed by atoms with Gasteiger partial charge in [0, 0.05) is 31.9 Å². The standard InChI is InChI=1S/C26H28N4O3S/c1-4-14-30-25(32)24-23(21(16-29(24)2)19-8-6-5-7-9-19)28-26(30)34-17-22(31)27-15-18-10-12-20(33-3)13-11-18/h5-13,16H,4,14-15,17H2,1-3H3,(H,27,31). The number of rotatable bonds is 9. The molecule has 1 N–H and O–H groups in total. The van der Waals surface area contributed by atoms with Crippen molar-refractivity contribution >= 4 is 28.7 Å². The van der Waals surface area contributed by atoms with Gasteiger partial charge in [-0.15, -0.1) is 0 Å². The fraction of sp³-hybridized carbons (Fsp3) is 0.269. The number of amides is 1. The van der Waals surface area contributed by atoms with E-state index in [9.17, 15) is 9.59 Å². The number of aromatic nitrogens is 3. The first-order chi connectivity index (χ1) is 16.5. The Hall–Kier alpha value is -3.52. The smallest absolute Gasteiger partial charge is 0.278 e. The van der Waals surface area contributed by atoms with Crippen LogP contribution in [0.4, 0.5) is 0 Å². The number of benzene rings is 2. The van der Waals surface area contributed by atoms with Gasteiger partial charge in [-0.25, -0.2) is 4.98 Å². The van der Waals surface area contributed by atoms with Crippen LogP contribution in [0, 0.1) is 0 Å². The summed E-state index contributed by atoms with van der Waals surface area (Å²) in [7, 11) is 3.49. The molecule has 8 heteroatoms. The van der Waals surface area contributed by atoms with Gasteiger partial charge in [0.2, 0.25) is 5.91 Å². The van der Waals surface area contributed by atoms with E-state index in [-0.39, 0.29) is 17.2 Å². The highest BCUT2D eigenvalue weighted by Gasteiger charge is 2.19. The van der Waals surface area contributed by atoms with Crippen LogP contribution in [-0.4, -0.2) is 32.9 Å². The van der Waals surface area contributed by atoms with Crippen molar-refractivity contribution in [3.05, 3.63) is 76.7 Å². The lowest BCUT2D eigenvalue weighted by molar-refractivity contribution is -0.118. The Balaban J connectivity index is 1.57. The summed E-state index contributed by atoms with van der Waals surface area (Å²) in [4.78, 5) is 30.8. The Labute approximate surface area is 202 Å². The number of nitrogens with one attached hydrogen (secondary N) is 1. The molecule has 34 heavy (non-hydrogen) atoms. The largest absolute Gasteiger partial charge is 0.497 e. The summed E-state index contributed by atoms with van der Waals surface area (Å²) in [6.45, 7) is 2.99. The molecule has 2 aromatic heterocycles. The zero-order valence-electron chi connectivity index (χ0n) is 19.6. The molecule has 0 aliphatic rings. The molecule has 0 saturated carbocycles. The maximum absolute atomic E-state index is 13.4. The predicted octanol–water partition coefficient (Wildman–Crippen LogP) is 4.23. The van der Waals surface area contributed by atoms with Crippen LogP contribution in [-0.2, 0) is 24.9 Å². The maximum Gasteiger partial charge on any atom is 0.278 e. The van der Waals surface area contributed by atoms with Gasteiger partial charge >= 0.3 is 0 Å². The molecule has 0 radical (unpaired) electrons. The molecule has 0 aliphatic carbocycles. The van der Waals surface area contributed by atoms with Gasteiger partial charge in [0.05, 0.1) is 12.9 Å². The Kier molecular flexibility index (Phi) is 7.37. The second-order valence-electron chi connectivity index (χ2n) is 7.98. The van der Waals surface area contributed by atoms with E-state index >= 15 is 0 Å². The van der Waals surface area contributed by atoms with Crippen LogP contribution in [0.2, 0.25) is 0 Å². The van der Waals surface area contributed by atoms with Crippen molar-refractivity contribution in [2.24, 2.45) is 7.05 Å². The third-order valence-corrected chi connectivity index (χ3v) is 6.53. The monoisotopic (exact) mass is 476 g/mol. The lowest BCUT2D eigenvalue weighted by Crippen LogP contribution is -2.27. The van der Waals surface area contributed by atoms with Crippen LogP contribution in [0.1, 0.15) is 18.9 Å². The fourth-order valence-electron chi connectivity index (χ4n) is 3.84. The van der Waals surface area contributed by atoms with E-state index in [0.29, 0.717) is 29.3 Å². The number of thioether (sulfide) groups is 1. The van der Waals surface area contributed by atoms with Crippen LogP contribution in [0.5, 0.6) is 5.75 Å². The first-order valence-corrected chi connectivity index (χ1v) is 12.2. The van der Waals surface area contributed by atoms with Gasteiger partial charge in [0.15, 0.2) is 5.16 Å². The van der Waals surface area contributed by atoms with Gasteiger partial charge in [0.1, 0.15) is 16.8 Å². The van der Waals surface area contributed by atoms with Crippen molar-refractivity contribution in [2.75, 3.05) is 12.9 Å². The third-order valence-electron chi connectivity index (χ3n) is 5.55. The number of aryl methyl sites for hydroxylation is 1. The number of hydrogen-bond donors (Lipinski definition) is 1. The molecule has 2 heterocycles. The maximum atomic E-state index is 13.4. The Morgan fingerprint density at radius 3 is 2.53 bits per heavy atom. The Bertz CT molecular complexity index is 1340. The summed E-state index contributed by atoms with van der Waals surface area (Å²) in [5.41, 5.74) is 4.04. The van der Waals surface area contributed by atoms with Crippen molar-refractivity contribution in [2.45, 2.75) is 31.6 Å². The average Bonchev–Trinajstić information content (AvgIpc) is 3.20. The van der Waals surface area contributed by atoms with Crippen LogP contribution >= 0.6 is 11.8 Å². The second-order valence-corrected chi connectivity index (χ2v) is 8.92. The molecule has 0 saturated heterocycles. The molecule has 0 fully saturated rings. The molecule has 0 unspecified atom stereocenters. The van der Waals surface area contributed by atoms with E-state index in [1.807, 2.05) is 79.3 Å². The summed E-state index contributed by atoms with van der Waals surface area (Å²) in [5, 5.41) is 3.49. The lowest BCUT2D eigenvalue weighted by Gasteiger charge is -2.12. The average molecular weight is 477 g/mol. The van der Waals surface area contributed by atoms with Crippen molar-refractivity contribution in [3.8, 4) is 16.9 Å². The van der Waals surface area contributed by atoms with Crippen molar-refractivity contribution in [1.29, 1.82) is 0 Å². The van der Waals surface area contributed by atoms with Crippen molar-refractivity contribution in [3.63, 3.8) is 0 Å². The van der Waals surface area contributed by atoms with E-state index in [1.165, 1.54) is 11.8 Å². The minimum atomic E-state index is -0.116. The molecule has 7 nitrogen and oxygen atoms in total. The highest BCUT2D eigenvalue weighted by Crippen LogP contribution is 2.29. The van der Waals surface area contributed by atoms with E-state index in [1.54, 1.807) is 11.7 Å². The number of methoxy groups -OCH3 is 1. The van der Waals surface area contributed by atoms with Crippen molar-refractivity contribution in [1.82, 2.24) is 19.4 Å². The first kappa shape index (κ1) is 23.6. The topological polar surface area (TPSA) is 78.2 Å². The SMILES string of the molecule is CCCn1c(SCC(=O)NCc2ccc(OC)cc2)nc2c(-c3ccccc3)cn(C)c2c1=O. The van der Waals surface area contributed by atoms with Gasteiger partial charge in [-0.05, 0) is 29.7 Å². The van der Waals surface area contributed by atoms with Gasteiger partial charge in [-0.2, -0.15) is 0 Å². The molecule has 0 atom stereocenters. The third kappa shape index (κ3) is 5.02. The summed E-state index contributed by atoms with van der Waals surface area (Å²) in [6.07, 6.45) is 2.74. The highest BCUT2D eigenvalue weighted by atomic mass is 32.2. The Morgan fingerprint density at radius 1 is 1.12 bits per heavy atom. The normalized spacial score (nSPS) is 11.0. The molecular formula is C26H28N4O3S. The van der Waals surface area contributed by atoms with Gasteiger partial charge in [0.25, 0.3) is 5.56 Å². The minimum Gasteiger partial charge on any atom is -0.497 e. The summed E-state index contributed by atoms with van der Waals surface area (Å²) < 4.78 is 8.69. The van der Waals surface area contributed by atoms with Gasteiger partial charge in [-0.3, -0.25) is 14.2 Å². The van der Waals surface area contributed by atoms with E-state index in [0.717, 1.165) is 28.9 Å². The fourth-order valence-corrected chi connectivity index (χ4v) is 4.68. The van der Waals surface area contributed by atoms with E-state index in [4.69, 9.17) is 9.72 Å². The molecule has 4 aromatic rings. The highest BCUT2D eigenvalue weighted by molar-refractivity contribution is 7.99. The van der Waals surface area contributed by atoms with Crippen LogP contribution in [0.15, 0.2) is 70.7 Å². The van der Waals surface area contributed by atoms with Gasteiger partial charge in [-0.1, -0.05) is 61.2 Å². The predicted molar refractivity (Wildman–Crippen MR) is 136 cm³/mol.